The third-order valence-electron chi connectivity index (χ3n) is 2.16. The molecule has 0 bridgehead atoms. The summed E-state index contributed by atoms with van der Waals surface area (Å²) in [4.78, 5) is 0. The van der Waals surface area contributed by atoms with Crippen molar-refractivity contribution >= 4 is 5.76 Å². The van der Waals surface area contributed by atoms with Crippen LogP contribution in [0.5, 0.6) is 0 Å². The lowest BCUT2D eigenvalue weighted by atomic mass is 10.1. The van der Waals surface area contributed by atoms with Crippen LogP contribution in [0, 0.1) is 6.92 Å². The van der Waals surface area contributed by atoms with Gasteiger partial charge in [0.1, 0.15) is 5.76 Å². The molecule has 0 heterocycles. The Morgan fingerprint density at radius 3 is 2.67 bits per heavy atom. The molecular formula is C13H18O2. The van der Waals surface area contributed by atoms with Crippen LogP contribution in [0.3, 0.4) is 0 Å². The summed E-state index contributed by atoms with van der Waals surface area (Å²) in [6, 6.07) is 8.01. The Labute approximate surface area is 91.5 Å². The molecule has 0 aliphatic heterocycles. The molecule has 0 aliphatic carbocycles. The summed E-state index contributed by atoms with van der Waals surface area (Å²) >= 11 is 0. The minimum Gasteiger partial charge on any atom is -0.465 e. The Bertz CT molecular complexity index is 331. The van der Waals surface area contributed by atoms with Gasteiger partial charge in [0, 0.05) is 12.2 Å². The quantitative estimate of drug-likeness (QED) is 0.543. The van der Waals surface area contributed by atoms with E-state index in [0.717, 1.165) is 11.1 Å². The zero-order valence-corrected chi connectivity index (χ0v) is 9.62. The Kier molecular flexibility index (Phi) is 4.37. The van der Waals surface area contributed by atoms with E-state index in [0.29, 0.717) is 12.4 Å². The maximum absolute atomic E-state index is 5.54. The van der Waals surface area contributed by atoms with Gasteiger partial charge >= 0.3 is 0 Å². The Morgan fingerprint density at radius 1 is 1.40 bits per heavy atom. The Balaban J connectivity index is 2.65. The molecule has 15 heavy (non-hydrogen) atoms. The van der Waals surface area contributed by atoms with Crippen molar-refractivity contribution < 1.29 is 9.47 Å². The molecule has 0 amide bonds. The monoisotopic (exact) mass is 206 g/mol. The van der Waals surface area contributed by atoms with Crippen LogP contribution < -0.4 is 0 Å². The van der Waals surface area contributed by atoms with E-state index in [9.17, 15) is 0 Å². The molecule has 1 aromatic rings. The zero-order chi connectivity index (χ0) is 11.3. The van der Waals surface area contributed by atoms with Gasteiger partial charge in [0.05, 0.1) is 0 Å². The van der Waals surface area contributed by atoms with Gasteiger partial charge in [-0.25, -0.2) is 0 Å². The van der Waals surface area contributed by atoms with Gasteiger partial charge in [-0.3, -0.25) is 0 Å². The standard InChI is InChI=1S/C13H18O2/c1-5-14-12(4)15-11(3)13-9-7-6-8-10(13)2/h6-9,12H,3,5H2,1-2,4H3. The molecule has 0 saturated heterocycles. The van der Waals surface area contributed by atoms with E-state index in [1.807, 2.05) is 45.0 Å². The van der Waals surface area contributed by atoms with Crippen molar-refractivity contribution in [1.82, 2.24) is 0 Å². The summed E-state index contributed by atoms with van der Waals surface area (Å²) in [5, 5.41) is 0. The van der Waals surface area contributed by atoms with Crippen molar-refractivity contribution in [2.45, 2.75) is 27.1 Å². The first-order valence-corrected chi connectivity index (χ1v) is 5.18. The van der Waals surface area contributed by atoms with Crippen molar-refractivity contribution in [3.8, 4) is 0 Å². The maximum Gasteiger partial charge on any atom is 0.196 e. The van der Waals surface area contributed by atoms with Gasteiger partial charge in [-0.15, -0.1) is 0 Å². The van der Waals surface area contributed by atoms with E-state index in [-0.39, 0.29) is 6.29 Å². The smallest absolute Gasteiger partial charge is 0.196 e. The maximum atomic E-state index is 5.54. The summed E-state index contributed by atoms with van der Waals surface area (Å²) in [5.41, 5.74) is 2.19. The third kappa shape index (κ3) is 3.40. The van der Waals surface area contributed by atoms with E-state index in [1.54, 1.807) is 0 Å². The molecule has 1 atom stereocenters. The molecule has 2 nitrogen and oxygen atoms in total. The minimum atomic E-state index is -0.248. The first-order valence-electron chi connectivity index (χ1n) is 5.18. The lowest BCUT2D eigenvalue weighted by Gasteiger charge is -2.17. The average molecular weight is 206 g/mol. The van der Waals surface area contributed by atoms with Crippen molar-refractivity contribution in [3.05, 3.63) is 42.0 Å². The van der Waals surface area contributed by atoms with Crippen LogP contribution in [0.15, 0.2) is 30.8 Å². The van der Waals surface area contributed by atoms with Crippen LogP contribution in [0.4, 0.5) is 0 Å². The number of rotatable bonds is 5. The van der Waals surface area contributed by atoms with Crippen molar-refractivity contribution in [2.24, 2.45) is 0 Å². The van der Waals surface area contributed by atoms with Gasteiger partial charge in [-0.1, -0.05) is 30.8 Å². The van der Waals surface area contributed by atoms with Gasteiger partial charge in [-0.05, 0) is 26.3 Å². The molecule has 82 valence electrons. The molecule has 1 aromatic carbocycles. The fourth-order valence-electron chi connectivity index (χ4n) is 1.42. The van der Waals surface area contributed by atoms with Gasteiger partial charge in [-0.2, -0.15) is 0 Å². The normalized spacial score (nSPS) is 12.2. The molecule has 0 saturated carbocycles. The van der Waals surface area contributed by atoms with Gasteiger partial charge in [0.25, 0.3) is 0 Å². The van der Waals surface area contributed by atoms with Crippen LogP contribution in [-0.2, 0) is 9.47 Å². The molecule has 0 aliphatic rings. The predicted molar refractivity (Wildman–Crippen MR) is 62.4 cm³/mol. The van der Waals surface area contributed by atoms with Gasteiger partial charge < -0.3 is 9.47 Å². The van der Waals surface area contributed by atoms with E-state index in [2.05, 4.69) is 6.58 Å². The van der Waals surface area contributed by atoms with Crippen LogP contribution in [0.1, 0.15) is 25.0 Å². The summed E-state index contributed by atoms with van der Waals surface area (Å²) in [7, 11) is 0. The molecule has 0 radical (unpaired) electrons. The zero-order valence-electron chi connectivity index (χ0n) is 9.62. The first kappa shape index (κ1) is 11.8. The topological polar surface area (TPSA) is 18.5 Å². The number of hydrogen-bond donors (Lipinski definition) is 0. The van der Waals surface area contributed by atoms with Crippen LogP contribution in [0.25, 0.3) is 5.76 Å². The third-order valence-corrected chi connectivity index (χ3v) is 2.16. The van der Waals surface area contributed by atoms with Crippen molar-refractivity contribution in [3.63, 3.8) is 0 Å². The average Bonchev–Trinajstić information content (AvgIpc) is 2.18. The number of hydrogen-bond acceptors (Lipinski definition) is 2. The molecule has 0 aromatic heterocycles. The first-order chi connectivity index (χ1) is 7.15. The molecule has 0 N–H and O–H groups in total. The molecule has 0 spiro atoms. The van der Waals surface area contributed by atoms with Crippen molar-refractivity contribution in [2.75, 3.05) is 6.61 Å². The Morgan fingerprint density at radius 2 is 2.07 bits per heavy atom. The van der Waals surface area contributed by atoms with Gasteiger partial charge in [0.2, 0.25) is 0 Å². The second kappa shape index (κ2) is 5.56. The molecule has 1 rings (SSSR count). The largest absolute Gasteiger partial charge is 0.465 e. The summed E-state index contributed by atoms with van der Waals surface area (Å²) < 4.78 is 10.8. The van der Waals surface area contributed by atoms with E-state index in [4.69, 9.17) is 9.47 Å². The fraction of sp³-hybridized carbons (Fsp3) is 0.385. The van der Waals surface area contributed by atoms with E-state index < -0.39 is 0 Å². The Hall–Kier alpha value is -1.28. The summed E-state index contributed by atoms with van der Waals surface area (Å²) in [6.45, 7) is 10.4. The lowest BCUT2D eigenvalue weighted by Crippen LogP contribution is -2.11. The predicted octanol–water partition coefficient (Wildman–Crippen LogP) is 3.36. The van der Waals surface area contributed by atoms with Gasteiger partial charge in [0.15, 0.2) is 6.29 Å². The number of aryl methyl sites for hydroxylation is 1. The highest BCUT2D eigenvalue weighted by molar-refractivity contribution is 5.60. The second-order valence-corrected chi connectivity index (χ2v) is 3.38. The second-order valence-electron chi connectivity index (χ2n) is 3.38. The highest BCUT2D eigenvalue weighted by Gasteiger charge is 2.07. The van der Waals surface area contributed by atoms with E-state index >= 15 is 0 Å². The lowest BCUT2D eigenvalue weighted by molar-refractivity contribution is -0.0782. The van der Waals surface area contributed by atoms with Crippen LogP contribution in [0.2, 0.25) is 0 Å². The molecule has 1 unspecified atom stereocenters. The summed E-state index contributed by atoms with van der Waals surface area (Å²) in [5.74, 6) is 0.661. The number of benzene rings is 1. The van der Waals surface area contributed by atoms with Crippen molar-refractivity contribution in [1.29, 1.82) is 0 Å². The number of ether oxygens (including phenoxy) is 2. The molecule has 0 fully saturated rings. The highest BCUT2D eigenvalue weighted by Crippen LogP contribution is 2.19. The fourth-order valence-corrected chi connectivity index (χ4v) is 1.42. The van der Waals surface area contributed by atoms with Crippen LogP contribution in [-0.4, -0.2) is 12.9 Å². The SMILES string of the molecule is C=C(OC(C)OCC)c1ccccc1C. The summed E-state index contributed by atoms with van der Waals surface area (Å²) in [6.07, 6.45) is -0.248. The van der Waals surface area contributed by atoms with E-state index in [1.165, 1.54) is 0 Å². The molecule has 2 heteroatoms. The highest BCUT2D eigenvalue weighted by atomic mass is 16.7. The molecular weight excluding hydrogens is 188 g/mol. The minimum absolute atomic E-state index is 0.248. The van der Waals surface area contributed by atoms with Crippen LogP contribution >= 0.6 is 0 Å².